The smallest absolute Gasteiger partial charge is 0.303 e. The maximum absolute atomic E-state index is 11.7. The molecule has 0 amide bonds. The number of fused-ring (bicyclic) bond motifs is 1. The molecule has 2 saturated carbocycles. The van der Waals surface area contributed by atoms with Crippen LogP contribution in [0.4, 0.5) is 0 Å². The van der Waals surface area contributed by atoms with Gasteiger partial charge in [-0.1, -0.05) is 109 Å². The predicted octanol–water partition coefficient (Wildman–Crippen LogP) is 11.2. The number of aliphatic carboxylic acids is 1. The topological polar surface area (TPSA) is 63.3 Å². The Hall–Kier alpha value is -0.830. The fourth-order valence-corrected chi connectivity index (χ4v) is 11.3. The van der Waals surface area contributed by atoms with Gasteiger partial charge in [-0.05, 0) is 121 Å². The van der Waals surface area contributed by atoms with Gasteiger partial charge in [-0.3, -0.25) is 4.79 Å². The van der Waals surface area contributed by atoms with Crippen molar-refractivity contribution in [3.05, 3.63) is 12.2 Å². The molecule has 0 aromatic heterocycles. The number of nitrogens with two attached hydrogens (primary N) is 1. The summed E-state index contributed by atoms with van der Waals surface area (Å²) in [6.45, 7) is 38.1. The number of rotatable bonds is 13. The number of hydrogen-bond acceptors (Lipinski definition) is 2. The van der Waals surface area contributed by atoms with E-state index < -0.39 is 5.97 Å². The lowest BCUT2D eigenvalue weighted by atomic mass is 9.37. The van der Waals surface area contributed by atoms with Crippen molar-refractivity contribution in [2.75, 3.05) is 0 Å². The molecule has 7 unspecified atom stereocenters. The Morgan fingerprint density at radius 3 is 2.02 bits per heavy atom. The summed E-state index contributed by atoms with van der Waals surface area (Å²) in [6, 6.07) is 0. The third kappa shape index (κ3) is 6.87. The lowest BCUT2D eigenvalue weighted by molar-refractivity contribution is -0.169. The third-order valence-electron chi connectivity index (χ3n) is 14.0. The van der Waals surface area contributed by atoms with Crippen LogP contribution in [0.1, 0.15) is 161 Å². The second kappa shape index (κ2) is 12.9. The molecule has 0 aliphatic heterocycles. The number of hydrogen-bond donors (Lipinski definition) is 2. The first-order valence-corrected chi connectivity index (χ1v) is 17.6. The van der Waals surface area contributed by atoms with Gasteiger partial charge in [0, 0.05) is 5.54 Å². The minimum absolute atomic E-state index is 0.0813. The molecule has 0 spiro atoms. The molecule has 0 saturated heterocycles. The molecule has 0 aromatic rings. The molecule has 0 aromatic carbocycles. The first-order valence-electron chi connectivity index (χ1n) is 17.6. The molecule has 9 atom stereocenters. The Labute approximate surface area is 262 Å². The van der Waals surface area contributed by atoms with Crippen LogP contribution in [-0.4, -0.2) is 16.6 Å². The first kappa shape index (κ1) is 37.4. The zero-order valence-electron chi connectivity index (χ0n) is 30.7. The maximum atomic E-state index is 11.7. The van der Waals surface area contributed by atoms with Gasteiger partial charge in [0.25, 0.3) is 0 Å². The van der Waals surface area contributed by atoms with E-state index in [9.17, 15) is 9.90 Å². The minimum atomic E-state index is -0.685. The zero-order chi connectivity index (χ0) is 32.7. The Balaban J connectivity index is 2.52. The number of carbonyl (C=O) groups is 1. The van der Waals surface area contributed by atoms with E-state index in [-0.39, 0.29) is 39.0 Å². The SMILES string of the molecule is C=C(C)C(CC)C1C(C)CC[C@@]2(C)C(C)(CCC(C(C)(C)C)C(C)(C)C(CC)CC(C)(C)CC(=O)O)C(C)CC[C@]12N. The molecule has 246 valence electrons. The van der Waals surface area contributed by atoms with Gasteiger partial charge >= 0.3 is 5.97 Å². The van der Waals surface area contributed by atoms with E-state index in [0.29, 0.717) is 35.5 Å². The molecule has 3 heteroatoms. The van der Waals surface area contributed by atoms with Crippen molar-refractivity contribution < 1.29 is 9.90 Å². The van der Waals surface area contributed by atoms with Crippen molar-refractivity contribution in [1.82, 2.24) is 0 Å². The van der Waals surface area contributed by atoms with Crippen molar-refractivity contribution in [1.29, 1.82) is 0 Å². The summed E-state index contributed by atoms with van der Waals surface area (Å²) in [5.41, 5.74) is 9.27. The quantitative estimate of drug-likeness (QED) is 0.211. The summed E-state index contributed by atoms with van der Waals surface area (Å²) >= 11 is 0. The van der Waals surface area contributed by atoms with E-state index in [4.69, 9.17) is 5.73 Å². The largest absolute Gasteiger partial charge is 0.481 e. The summed E-state index contributed by atoms with van der Waals surface area (Å²) < 4.78 is 0. The van der Waals surface area contributed by atoms with Crippen molar-refractivity contribution >= 4 is 5.97 Å². The van der Waals surface area contributed by atoms with Crippen LogP contribution in [0.5, 0.6) is 0 Å². The van der Waals surface area contributed by atoms with Crippen LogP contribution in [0, 0.1) is 62.6 Å². The van der Waals surface area contributed by atoms with Crippen molar-refractivity contribution in [3.63, 3.8) is 0 Å². The van der Waals surface area contributed by atoms with Crippen LogP contribution in [0.2, 0.25) is 0 Å². The molecule has 42 heavy (non-hydrogen) atoms. The van der Waals surface area contributed by atoms with Crippen LogP contribution in [0.25, 0.3) is 0 Å². The zero-order valence-corrected chi connectivity index (χ0v) is 30.7. The first-order chi connectivity index (χ1) is 18.9. The molecule has 3 N–H and O–H groups in total. The Morgan fingerprint density at radius 2 is 1.57 bits per heavy atom. The molecule has 0 bridgehead atoms. The van der Waals surface area contributed by atoms with Gasteiger partial charge in [-0.25, -0.2) is 0 Å². The highest BCUT2D eigenvalue weighted by Gasteiger charge is 2.66. The summed E-state index contributed by atoms with van der Waals surface area (Å²) in [6.07, 6.45) is 10.6. The minimum Gasteiger partial charge on any atom is -0.481 e. The summed E-state index contributed by atoms with van der Waals surface area (Å²) in [7, 11) is 0. The van der Waals surface area contributed by atoms with E-state index in [1.54, 1.807) is 0 Å². The average Bonchev–Trinajstić information content (AvgIpc) is 2.83. The summed E-state index contributed by atoms with van der Waals surface area (Å²) in [5.74, 6) is 2.55. The predicted molar refractivity (Wildman–Crippen MR) is 182 cm³/mol. The Morgan fingerprint density at radius 1 is 1.00 bits per heavy atom. The van der Waals surface area contributed by atoms with Crippen molar-refractivity contribution in [3.8, 4) is 0 Å². The van der Waals surface area contributed by atoms with Gasteiger partial charge in [0.05, 0.1) is 6.42 Å². The van der Waals surface area contributed by atoms with E-state index in [1.807, 2.05) is 0 Å². The summed E-state index contributed by atoms with van der Waals surface area (Å²) in [4.78, 5) is 11.7. The monoisotopic (exact) mass is 588 g/mol. The molecule has 3 nitrogen and oxygen atoms in total. The van der Waals surface area contributed by atoms with Crippen LogP contribution < -0.4 is 5.73 Å². The highest BCUT2D eigenvalue weighted by Crippen LogP contribution is 2.68. The van der Waals surface area contributed by atoms with Crippen molar-refractivity contribution in [2.45, 2.75) is 167 Å². The normalized spacial score (nSPS) is 34.8. The van der Waals surface area contributed by atoms with E-state index in [1.165, 1.54) is 37.7 Å². The molecular formula is C39H73NO2. The molecule has 2 rings (SSSR count). The molecule has 2 aliphatic carbocycles. The number of allylic oxidation sites excluding steroid dienone is 1. The Kier molecular flexibility index (Phi) is 11.5. The highest BCUT2D eigenvalue weighted by atomic mass is 16.4. The van der Waals surface area contributed by atoms with Gasteiger partial charge < -0.3 is 10.8 Å². The lowest BCUT2D eigenvalue weighted by Crippen LogP contribution is -2.72. The number of carboxylic acids is 1. The number of carboxylic acid groups (broad SMARTS) is 1. The lowest BCUT2D eigenvalue weighted by Gasteiger charge is -2.69. The van der Waals surface area contributed by atoms with Crippen LogP contribution in [-0.2, 0) is 4.79 Å². The highest BCUT2D eigenvalue weighted by molar-refractivity contribution is 5.67. The molecule has 2 aliphatic rings. The summed E-state index contributed by atoms with van der Waals surface area (Å²) in [5, 5.41) is 9.60. The van der Waals surface area contributed by atoms with Crippen LogP contribution in [0.15, 0.2) is 12.2 Å². The van der Waals surface area contributed by atoms with Crippen LogP contribution >= 0.6 is 0 Å². The second-order valence-corrected chi connectivity index (χ2v) is 18.5. The van der Waals surface area contributed by atoms with Gasteiger partial charge in [-0.15, -0.1) is 0 Å². The van der Waals surface area contributed by atoms with Crippen LogP contribution in [0.3, 0.4) is 0 Å². The van der Waals surface area contributed by atoms with E-state index >= 15 is 0 Å². The van der Waals surface area contributed by atoms with E-state index in [0.717, 1.165) is 25.7 Å². The van der Waals surface area contributed by atoms with Gasteiger partial charge in [-0.2, -0.15) is 0 Å². The van der Waals surface area contributed by atoms with Crippen molar-refractivity contribution in [2.24, 2.45) is 68.3 Å². The fourth-order valence-electron chi connectivity index (χ4n) is 11.3. The van der Waals surface area contributed by atoms with Gasteiger partial charge in [0.1, 0.15) is 0 Å². The second-order valence-electron chi connectivity index (χ2n) is 18.5. The molecule has 2 fully saturated rings. The van der Waals surface area contributed by atoms with E-state index in [2.05, 4.69) is 104 Å². The Bertz CT molecular complexity index is 943. The standard InChI is InChI=1S/C39H73NO2/c1-16-29(24-35(10,11)25-32(41)42)36(12,13)31(34(7,8)9)20-21-37(14)28(6)19-23-39(40)33(30(17-2)26(3)4)27(5)18-22-38(37,39)15/h27-31,33H,3,16-25,40H2,1-2,4-15H3,(H,41,42)/t27?,28?,29?,30?,31?,33?,37?,38-,39-/m0/s1. The maximum Gasteiger partial charge on any atom is 0.303 e. The van der Waals surface area contributed by atoms with Gasteiger partial charge in [0.15, 0.2) is 0 Å². The average molecular weight is 588 g/mol. The molecule has 0 heterocycles. The van der Waals surface area contributed by atoms with Gasteiger partial charge in [0.2, 0.25) is 0 Å². The fraction of sp³-hybridized carbons (Fsp3) is 0.923. The molecular weight excluding hydrogens is 514 g/mol. The molecule has 0 radical (unpaired) electrons. The third-order valence-corrected chi connectivity index (χ3v) is 14.0.